The van der Waals surface area contributed by atoms with Crippen molar-refractivity contribution in [1.82, 2.24) is 24.6 Å². The van der Waals surface area contributed by atoms with Crippen LogP contribution in [-0.4, -0.2) is 50.9 Å². The number of pyridine rings is 3. The predicted molar refractivity (Wildman–Crippen MR) is 149 cm³/mol. The van der Waals surface area contributed by atoms with Crippen LogP contribution in [0.25, 0.3) is 26.1 Å². The Balaban J connectivity index is 1.43. The molecule has 188 valence electrons. The molecule has 1 fully saturated rings. The van der Waals surface area contributed by atoms with E-state index >= 15 is 0 Å². The van der Waals surface area contributed by atoms with E-state index in [0.717, 1.165) is 41.4 Å². The van der Waals surface area contributed by atoms with Crippen molar-refractivity contribution >= 4 is 49.1 Å². The van der Waals surface area contributed by atoms with Crippen molar-refractivity contribution < 1.29 is 4.79 Å². The molecule has 0 bridgehead atoms. The molecule has 1 aliphatic rings. The first-order chi connectivity index (χ1) is 18.1. The average Bonchev–Trinajstić information content (AvgIpc) is 3.55. The molecular weight excluding hydrogens is 484 g/mol. The molecule has 8 nitrogen and oxygen atoms in total. The van der Waals surface area contributed by atoms with Crippen molar-refractivity contribution in [2.45, 2.75) is 32.4 Å². The van der Waals surface area contributed by atoms with Crippen LogP contribution in [-0.2, 0) is 6.54 Å². The number of anilines is 1. The van der Waals surface area contributed by atoms with E-state index < -0.39 is 5.91 Å². The van der Waals surface area contributed by atoms with Crippen LogP contribution in [0.1, 0.15) is 35.8 Å². The van der Waals surface area contributed by atoms with E-state index in [9.17, 15) is 9.59 Å². The van der Waals surface area contributed by atoms with E-state index in [0.29, 0.717) is 21.9 Å². The van der Waals surface area contributed by atoms with Gasteiger partial charge in [0.15, 0.2) is 5.65 Å². The molecule has 1 aromatic carbocycles. The summed E-state index contributed by atoms with van der Waals surface area (Å²) in [6.45, 7) is 5.42. The number of hydrogen-bond acceptors (Lipinski definition) is 7. The van der Waals surface area contributed by atoms with Crippen LogP contribution in [0, 0.1) is 0 Å². The summed E-state index contributed by atoms with van der Waals surface area (Å²) < 4.78 is 2.93. The highest BCUT2D eigenvalue weighted by Gasteiger charge is 2.24. The minimum atomic E-state index is -0.412. The molecule has 37 heavy (non-hydrogen) atoms. The Morgan fingerprint density at radius 1 is 1.14 bits per heavy atom. The molecule has 0 aliphatic carbocycles. The Morgan fingerprint density at radius 3 is 2.84 bits per heavy atom. The molecule has 1 amide bonds. The molecule has 9 heteroatoms. The van der Waals surface area contributed by atoms with E-state index in [1.165, 1.54) is 24.2 Å². The highest BCUT2D eigenvalue weighted by atomic mass is 32.1. The third kappa shape index (κ3) is 4.34. The van der Waals surface area contributed by atoms with Gasteiger partial charge in [0.1, 0.15) is 16.2 Å². The largest absolute Gasteiger partial charge is 0.368 e. The third-order valence-electron chi connectivity index (χ3n) is 7.10. The van der Waals surface area contributed by atoms with Crippen molar-refractivity contribution in [3.8, 4) is 0 Å². The van der Waals surface area contributed by atoms with Crippen molar-refractivity contribution in [2.75, 3.05) is 25.0 Å². The van der Waals surface area contributed by atoms with Gasteiger partial charge in [0.2, 0.25) is 5.43 Å². The topological polar surface area (TPSA) is 91.6 Å². The van der Waals surface area contributed by atoms with E-state index in [1.807, 2.05) is 52.9 Å². The summed E-state index contributed by atoms with van der Waals surface area (Å²) in [6.07, 6.45) is 4.07. The van der Waals surface area contributed by atoms with Crippen molar-refractivity contribution in [3.05, 3.63) is 82.3 Å². The van der Waals surface area contributed by atoms with Gasteiger partial charge in [0.25, 0.3) is 5.91 Å². The van der Waals surface area contributed by atoms with E-state index in [4.69, 9.17) is 4.98 Å². The van der Waals surface area contributed by atoms with Gasteiger partial charge < -0.3 is 10.6 Å². The number of thiazole rings is 1. The lowest BCUT2D eigenvalue weighted by molar-refractivity contribution is 0.0951. The van der Waals surface area contributed by atoms with Crippen molar-refractivity contribution in [2.24, 2.45) is 0 Å². The number of benzene rings is 1. The summed E-state index contributed by atoms with van der Waals surface area (Å²) in [5, 5.41) is 6.80. The second-order valence-electron chi connectivity index (χ2n) is 9.29. The number of hydrogen-bond donors (Lipinski definition) is 2. The van der Waals surface area contributed by atoms with E-state index in [1.54, 1.807) is 12.3 Å². The van der Waals surface area contributed by atoms with Crippen LogP contribution in [0.4, 0.5) is 5.82 Å². The lowest BCUT2D eigenvalue weighted by Crippen LogP contribution is -2.34. The summed E-state index contributed by atoms with van der Waals surface area (Å²) in [7, 11) is 0. The highest BCUT2D eigenvalue weighted by molar-refractivity contribution is 7.24. The maximum atomic E-state index is 13.7. The molecule has 1 saturated heterocycles. The summed E-state index contributed by atoms with van der Waals surface area (Å²) in [5.74, 6) is 0.316. The number of aromatic nitrogens is 3. The zero-order chi connectivity index (χ0) is 25.4. The van der Waals surface area contributed by atoms with Gasteiger partial charge in [-0.1, -0.05) is 25.1 Å². The Bertz CT molecular complexity index is 1660. The number of likely N-dealkylation sites (tertiary alicyclic amines) is 1. The lowest BCUT2D eigenvalue weighted by atomic mass is 10.1. The second-order valence-corrected chi connectivity index (χ2v) is 10.3. The number of carbonyl (C=O) groups is 1. The molecule has 5 aromatic rings. The minimum absolute atomic E-state index is 0.136. The number of rotatable bonds is 7. The first kappa shape index (κ1) is 23.6. The molecule has 1 unspecified atom stereocenters. The van der Waals surface area contributed by atoms with Crippen LogP contribution in [0.5, 0.6) is 0 Å². The number of nitrogens with one attached hydrogen (secondary N) is 2. The zero-order valence-corrected chi connectivity index (χ0v) is 21.4. The van der Waals surface area contributed by atoms with Crippen LogP contribution in [0.15, 0.2) is 65.6 Å². The van der Waals surface area contributed by atoms with Gasteiger partial charge in [-0.25, -0.2) is 4.98 Å². The van der Waals surface area contributed by atoms with Crippen LogP contribution in [0.2, 0.25) is 0 Å². The molecule has 0 spiro atoms. The Morgan fingerprint density at radius 2 is 2.00 bits per heavy atom. The third-order valence-corrected chi connectivity index (χ3v) is 8.24. The standard InChI is InChI=1S/C28H28N6O2S/c1-2-33-15-7-9-19(33)17-30-23-13-12-20-25(35)24(27(36)31-16-18-8-5-6-14-29-18)28-34(26(20)32-23)21-10-3-4-11-22(21)37-28/h3-6,8,10-14,19H,2,7,9,15-17H2,1H3,(H,30,32)(H,31,36). The molecule has 1 atom stereocenters. The second kappa shape index (κ2) is 9.91. The molecule has 2 N–H and O–H groups in total. The SMILES string of the molecule is CCN1CCCC1CNc1ccc2c(=O)c(C(=O)NCc3ccccn3)c3sc4ccccc4n3c2n1. The van der Waals surface area contributed by atoms with Crippen molar-refractivity contribution in [3.63, 3.8) is 0 Å². The van der Waals surface area contributed by atoms with Gasteiger partial charge in [-0.05, 0) is 62.3 Å². The van der Waals surface area contributed by atoms with Gasteiger partial charge in [-0.2, -0.15) is 0 Å². The Labute approximate surface area is 218 Å². The Kier molecular flexibility index (Phi) is 6.31. The van der Waals surface area contributed by atoms with Crippen LogP contribution < -0.4 is 16.1 Å². The maximum absolute atomic E-state index is 13.7. The molecule has 0 radical (unpaired) electrons. The lowest BCUT2D eigenvalue weighted by Gasteiger charge is -2.23. The Hall–Kier alpha value is -3.82. The normalized spacial score (nSPS) is 16.1. The molecule has 5 heterocycles. The fraction of sp³-hybridized carbons (Fsp3) is 0.286. The molecule has 6 rings (SSSR count). The molecule has 1 aliphatic heterocycles. The van der Waals surface area contributed by atoms with Crippen molar-refractivity contribution in [1.29, 1.82) is 0 Å². The summed E-state index contributed by atoms with van der Waals surface area (Å²) in [5.41, 5.74) is 2.03. The number of amides is 1. The first-order valence-electron chi connectivity index (χ1n) is 12.7. The van der Waals surface area contributed by atoms with Gasteiger partial charge in [0.05, 0.1) is 27.8 Å². The number of likely N-dealkylation sites (N-methyl/N-ethyl adjacent to an activating group) is 1. The first-order valence-corrected chi connectivity index (χ1v) is 13.5. The van der Waals surface area contributed by atoms with E-state index in [-0.39, 0.29) is 17.5 Å². The van der Waals surface area contributed by atoms with Gasteiger partial charge in [-0.3, -0.25) is 23.9 Å². The van der Waals surface area contributed by atoms with Gasteiger partial charge in [-0.15, -0.1) is 11.3 Å². The van der Waals surface area contributed by atoms with Crippen LogP contribution >= 0.6 is 11.3 Å². The summed E-state index contributed by atoms with van der Waals surface area (Å²) in [4.78, 5) is 39.3. The van der Waals surface area contributed by atoms with Gasteiger partial charge >= 0.3 is 0 Å². The summed E-state index contributed by atoms with van der Waals surface area (Å²) in [6, 6.07) is 17.6. The van der Waals surface area contributed by atoms with E-state index in [2.05, 4.69) is 27.4 Å². The zero-order valence-electron chi connectivity index (χ0n) is 20.6. The fourth-order valence-corrected chi connectivity index (χ4v) is 6.40. The quantitative estimate of drug-likeness (QED) is 0.338. The fourth-order valence-electron chi connectivity index (χ4n) is 5.21. The van der Waals surface area contributed by atoms with Crippen LogP contribution in [0.3, 0.4) is 0 Å². The maximum Gasteiger partial charge on any atom is 0.258 e. The summed E-state index contributed by atoms with van der Waals surface area (Å²) >= 11 is 1.43. The molecule has 4 aromatic heterocycles. The highest BCUT2D eigenvalue weighted by Crippen LogP contribution is 2.31. The smallest absolute Gasteiger partial charge is 0.258 e. The predicted octanol–water partition coefficient (Wildman–Crippen LogP) is 4.28. The number of para-hydroxylation sites is 1. The molecule has 0 saturated carbocycles. The number of fused-ring (bicyclic) bond motifs is 5. The average molecular weight is 513 g/mol. The van der Waals surface area contributed by atoms with Gasteiger partial charge in [0, 0.05) is 18.8 Å². The number of nitrogens with zero attached hydrogens (tertiary/aromatic N) is 4. The molecular formula is C28H28N6O2S. The minimum Gasteiger partial charge on any atom is -0.368 e. The number of carbonyl (C=O) groups excluding carboxylic acids is 1. The monoisotopic (exact) mass is 512 g/mol.